The van der Waals surface area contributed by atoms with Gasteiger partial charge in [0, 0.05) is 25.7 Å². The number of carbonyl (C=O) groups excluding carboxylic acids is 1. The Morgan fingerprint density at radius 2 is 1.88 bits per heavy atom. The highest BCUT2D eigenvalue weighted by atomic mass is 19.4. The van der Waals surface area contributed by atoms with Gasteiger partial charge in [-0.3, -0.25) is 4.79 Å². The largest absolute Gasteiger partial charge is 0.416 e. The van der Waals surface area contributed by atoms with Crippen LogP contribution in [0.1, 0.15) is 12.5 Å². The SMILES string of the molecule is CC(=O)NCC1CN(c2ccc(C(F)(F)F)cc2)c2ccccc2N1. The van der Waals surface area contributed by atoms with Gasteiger partial charge in [-0.15, -0.1) is 0 Å². The smallest absolute Gasteiger partial charge is 0.377 e. The number of amides is 1. The van der Waals surface area contributed by atoms with Gasteiger partial charge < -0.3 is 15.5 Å². The van der Waals surface area contributed by atoms with Crippen LogP contribution in [0.5, 0.6) is 0 Å². The Morgan fingerprint density at radius 3 is 2.52 bits per heavy atom. The minimum atomic E-state index is -4.35. The van der Waals surface area contributed by atoms with Crippen molar-refractivity contribution in [2.45, 2.75) is 19.1 Å². The van der Waals surface area contributed by atoms with E-state index in [1.54, 1.807) is 0 Å². The summed E-state index contributed by atoms with van der Waals surface area (Å²) >= 11 is 0. The molecule has 25 heavy (non-hydrogen) atoms. The van der Waals surface area contributed by atoms with E-state index in [1.807, 2.05) is 29.2 Å². The fraction of sp³-hybridized carbons (Fsp3) is 0.278. The molecule has 1 atom stereocenters. The number of hydrogen-bond acceptors (Lipinski definition) is 3. The number of para-hydroxylation sites is 2. The van der Waals surface area contributed by atoms with Crippen molar-refractivity contribution in [3.8, 4) is 0 Å². The van der Waals surface area contributed by atoms with Crippen molar-refractivity contribution in [1.29, 1.82) is 0 Å². The van der Waals surface area contributed by atoms with Crippen molar-refractivity contribution in [2.24, 2.45) is 0 Å². The highest BCUT2D eigenvalue weighted by molar-refractivity contribution is 5.79. The third-order valence-corrected chi connectivity index (χ3v) is 4.06. The quantitative estimate of drug-likeness (QED) is 0.887. The van der Waals surface area contributed by atoms with Crippen molar-refractivity contribution >= 4 is 23.0 Å². The number of rotatable bonds is 3. The molecular formula is C18H18F3N3O. The zero-order valence-electron chi connectivity index (χ0n) is 13.6. The van der Waals surface area contributed by atoms with Gasteiger partial charge in [0.05, 0.1) is 23.0 Å². The van der Waals surface area contributed by atoms with Crippen LogP contribution in [0.3, 0.4) is 0 Å². The third kappa shape index (κ3) is 3.87. The maximum atomic E-state index is 12.8. The second-order valence-corrected chi connectivity index (χ2v) is 5.95. The summed E-state index contributed by atoms with van der Waals surface area (Å²) in [7, 11) is 0. The molecule has 0 aliphatic carbocycles. The zero-order valence-corrected chi connectivity index (χ0v) is 13.6. The molecule has 0 saturated heterocycles. The summed E-state index contributed by atoms with van der Waals surface area (Å²) in [5, 5.41) is 6.12. The molecule has 0 bridgehead atoms. The number of alkyl halides is 3. The lowest BCUT2D eigenvalue weighted by molar-refractivity contribution is -0.137. The molecule has 1 unspecified atom stereocenters. The van der Waals surface area contributed by atoms with Crippen LogP contribution in [0.2, 0.25) is 0 Å². The standard InChI is InChI=1S/C18H18F3N3O/c1-12(25)22-10-14-11-24(17-5-3-2-4-16(17)23-14)15-8-6-13(7-9-15)18(19,20)21/h2-9,14,23H,10-11H2,1H3,(H,22,25). The molecule has 0 fully saturated rings. The molecule has 0 saturated carbocycles. The molecule has 7 heteroatoms. The average molecular weight is 349 g/mol. The first kappa shape index (κ1) is 17.1. The van der Waals surface area contributed by atoms with E-state index in [4.69, 9.17) is 0 Å². The van der Waals surface area contributed by atoms with Crippen molar-refractivity contribution in [3.63, 3.8) is 0 Å². The molecule has 1 amide bonds. The second kappa shape index (κ2) is 6.66. The number of hydrogen-bond donors (Lipinski definition) is 2. The molecule has 0 radical (unpaired) electrons. The topological polar surface area (TPSA) is 44.4 Å². The van der Waals surface area contributed by atoms with Gasteiger partial charge in [-0.25, -0.2) is 0 Å². The van der Waals surface area contributed by atoms with Gasteiger partial charge in [-0.2, -0.15) is 13.2 Å². The van der Waals surface area contributed by atoms with Crippen molar-refractivity contribution in [2.75, 3.05) is 23.3 Å². The Morgan fingerprint density at radius 1 is 1.20 bits per heavy atom. The van der Waals surface area contributed by atoms with E-state index in [1.165, 1.54) is 19.1 Å². The average Bonchev–Trinajstić information content (AvgIpc) is 2.58. The highest BCUT2D eigenvalue weighted by Gasteiger charge is 2.31. The number of carbonyl (C=O) groups is 1. The van der Waals surface area contributed by atoms with Crippen molar-refractivity contribution in [1.82, 2.24) is 5.32 Å². The number of fused-ring (bicyclic) bond motifs is 1. The fourth-order valence-electron chi connectivity index (χ4n) is 2.87. The Balaban J connectivity index is 1.89. The van der Waals surface area contributed by atoms with E-state index in [-0.39, 0.29) is 11.9 Å². The van der Waals surface area contributed by atoms with Gasteiger partial charge in [-0.1, -0.05) is 12.1 Å². The first-order valence-electron chi connectivity index (χ1n) is 7.89. The van der Waals surface area contributed by atoms with Gasteiger partial charge in [0.25, 0.3) is 0 Å². The maximum Gasteiger partial charge on any atom is 0.416 e. The lowest BCUT2D eigenvalue weighted by Crippen LogP contribution is -2.45. The lowest BCUT2D eigenvalue weighted by atomic mass is 10.1. The molecule has 1 aliphatic heterocycles. The number of anilines is 3. The molecule has 1 heterocycles. The predicted molar refractivity (Wildman–Crippen MR) is 91.0 cm³/mol. The van der Waals surface area contributed by atoms with Gasteiger partial charge in [0.15, 0.2) is 0 Å². The summed E-state index contributed by atoms with van der Waals surface area (Å²) in [6.45, 7) is 2.41. The van der Waals surface area contributed by atoms with Crippen molar-refractivity contribution < 1.29 is 18.0 Å². The summed E-state index contributed by atoms with van der Waals surface area (Å²) < 4.78 is 38.3. The fourth-order valence-corrected chi connectivity index (χ4v) is 2.87. The molecular weight excluding hydrogens is 331 g/mol. The summed E-state index contributed by atoms with van der Waals surface area (Å²) in [6, 6.07) is 12.7. The molecule has 0 spiro atoms. The number of nitrogens with zero attached hydrogens (tertiary/aromatic N) is 1. The number of halogens is 3. The van der Waals surface area contributed by atoms with Crippen LogP contribution in [0, 0.1) is 0 Å². The van der Waals surface area contributed by atoms with E-state index in [2.05, 4.69) is 10.6 Å². The molecule has 2 N–H and O–H groups in total. The van der Waals surface area contributed by atoms with E-state index in [0.717, 1.165) is 23.5 Å². The van der Waals surface area contributed by atoms with E-state index >= 15 is 0 Å². The molecule has 1 aliphatic rings. The van der Waals surface area contributed by atoms with Crippen LogP contribution < -0.4 is 15.5 Å². The van der Waals surface area contributed by atoms with Crippen LogP contribution in [0.25, 0.3) is 0 Å². The van der Waals surface area contributed by atoms with E-state index in [0.29, 0.717) is 18.8 Å². The molecule has 2 aromatic rings. The summed E-state index contributed by atoms with van der Waals surface area (Å²) in [5.41, 5.74) is 1.77. The Labute approximate surface area is 143 Å². The first-order chi connectivity index (χ1) is 11.8. The summed E-state index contributed by atoms with van der Waals surface area (Å²) in [6.07, 6.45) is -4.35. The summed E-state index contributed by atoms with van der Waals surface area (Å²) in [4.78, 5) is 13.1. The minimum absolute atomic E-state index is 0.0545. The maximum absolute atomic E-state index is 12.8. The normalized spacial score (nSPS) is 16.8. The summed E-state index contributed by atoms with van der Waals surface area (Å²) in [5.74, 6) is -0.123. The number of nitrogens with one attached hydrogen (secondary N) is 2. The number of benzene rings is 2. The monoisotopic (exact) mass is 349 g/mol. The third-order valence-electron chi connectivity index (χ3n) is 4.06. The Bertz CT molecular complexity index is 759. The van der Waals surface area contributed by atoms with E-state index in [9.17, 15) is 18.0 Å². The Kier molecular flexibility index (Phi) is 4.57. The predicted octanol–water partition coefficient (Wildman–Crippen LogP) is 3.77. The lowest BCUT2D eigenvalue weighted by Gasteiger charge is -2.37. The molecule has 4 nitrogen and oxygen atoms in total. The molecule has 132 valence electrons. The van der Waals surface area contributed by atoms with Crippen molar-refractivity contribution in [3.05, 3.63) is 54.1 Å². The Hall–Kier alpha value is -2.70. The molecule has 2 aromatic carbocycles. The second-order valence-electron chi connectivity index (χ2n) is 5.95. The van der Waals surface area contributed by atoms with Crippen LogP contribution in [-0.2, 0) is 11.0 Å². The zero-order chi connectivity index (χ0) is 18.0. The first-order valence-corrected chi connectivity index (χ1v) is 7.89. The van der Waals surface area contributed by atoms with Crippen LogP contribution in [-0.4, -0.2) is 25.0 Å². The van der Waals surface area contributed by atoms with Crippen LogP contribution in [0.15, 0.2) is 48.5 Å². The van der Waals surface area contributed by atoms with Gasteiger partial charge in [0.2, 0.25) is 5.91 Å². The minimum Gasteiger partial charge on any atom is -0.377 e. The molecule has 0 aromatic heterocycles. The van der Waals surface area contributed by atoms with Gasteiger partial charge in [0.1, 0.15) is 0 Å². The van der Waals surface area contributed by atoms with Gasteiger partial charge >= 0.3 is 6.18 Å². The highest BCUT2D eigenvalue weighted by Crippen LogP contribution is 2.37. The van der Waals surface area contributed by atoms with Gasteiger partial charge in [-0.05, 0) is 36.4 Å². The van der Waals surface area contributed by atoms with Crippen LogP contribution in [0.4, 0.5) is 30.2 Å². The molecule has 3 rings (SSSR count). The van der Waals surface area contributed by atoms with E-state index < -0.39 is 11.7 Å². The van der Waals surface area contributed by atoms with Crippen LogP contribution >= 0.6 is 0 Å².